The van der Waals surface area contributed by atoms with Gasteiger partial charge in [-0.05, 0) is 30.2 Å². The molecule has 2 rings (SSSR count). The van der Waals surface area contributed by atoms with Crippen molar-refractivity contribution in [1.82, 2.24) is 0 Å². The van der Waals surface area contributed by atoms with E-state index in [1.807, 2.05) is 24.3 Å². The van der Waals surface area contributed by atoms with Crippen LogP contribution in [-0.2, 0) is 6.42 Å². The summed E-state index contributed by atoms with van der Waals surface area (Å²) in [4.78, 5) is 0. The summed E-state index contributed by atoms with van der Waals surface area (Å²) in [6, 6.07) is 12.7. The van der Waals surface area contributed by atoms with E-state index in [0.29, 0.717) is 5.69 Å². The zero-order valence-electron chi connectivity index (χ0n) is 9.70. The van der Waals surface area contributed by atoms with Crippen molar-refractivity contribution in [1.29, 1.82) is 0 Å². The predicted molar refractivity (Wildman–Crippen MR) is 69.9 cm³/mol. The van der Waals surface area contributed by atoms with E-state index in [1.54, 1.807) is 12.1 Å². The van der Waals surface area contributed by atoms with Crippen molar-refractivity contribution in [3.8, 4) is 0 Å². The molecule has 0 bridgehead atoms. The van der Waals surface area contributed by atoms with Gasteiger partial charge in [-0.1, -0.05) is 31.2 Å². The number of nitrogen functional groups attached to an aromatic ring is 1. The summed E-state index contributed by atoms with van der Waals surface area (Å²) in [6.45, 7) is 2.08. The fourth-order valence-electron chi connectivity index (χ4n) is 1.74. The Bertz CT molecular complexity index is 523. The van der Waals surface area contributed by atoms with E-state index in [1.165, 1.54) is 11.6 Å². The lowest BCUT2D eigenvalue weighted by molar-refractivity contribution is 0.633. The number of halogens is 1. The van der Waals surface area contributed by atoms with Gasteiger partial charge in [0, 0.05) is 5.69 Å². The molecular weight excluding hydrogens is 215 g/mol. The van der Waals surface area contributed by atoms with Crippen LogP contribution in [0.4, 0.5) is 21.5 Å². The van der Waals surface area contributed by atoms with E-state index in [2.05, 4.69) is 12.2 Å². The Balaban J connectivity index is 2.35. The third kappa shape index (κ3) is 2.38. The van der Waals surface area contributed by atoms with Crippen LogP contribution in [0, 0.1) is 5.82 Å². The van der Waals surface area contributed by atoms with Crippen LogP contribution in [0.5, 0.6) is 0 Å². The Morgan fingerprint density at radius 2 is 1.76 bits per heavy atom. The summed E-state index contributed by atoms with van der Waals surface area (Å²) in [6.07, 6.45) is 0.915. The quantitative estimate of drug-likeness (QED) is 0.789. The third-order valence-electron chi connectivity index (χ3n) is 2.72. The number of hydrogen-bond donors (Lipinski definition) is 2. The molecule has 0 saturated heterocycles. The molecule has 3 heteroatoms. The summed E-state index contributed by atoms with van der Waals surface area (Å²) in [5.41, 5.74) is 8.58. The Morgan fingerprint density at radius 1 is 1.06 bits per heavy atom. The highest BCUT2D eigenvalue weighted by atomic mass is 19.1. The van der Waals surface area contributed by atoms with Gasteiger partial charge in [0.1, 0.15) is 5.82 Å². The fourth-order valence-corrected chi connectivity index (χ4v) is 1.74. The van der Waals surface area contributed by atoms with E-state index in [-0.39, 0.29) is 5.69 Å². The standard InChI is InChI=1S/C14H15FN2/c1-2-10-6-3-4-8-12(10)17-13-9-5-7-11(15)14(13)16/h3-9,17H,2,16H2,1H3. The Hall–Kier alpha value is -2.03. The second-order valence-corrected chi connectivity index (χ2v) is 3.84. The second kappa shape index (κ2) is 4.87. The van der Waals surface area contributed by atoms with Gasteiger partial charge < -0.3 is 11.1 Å². The van der Waals surface area contributed by atoms with Crippen LogP contribution in [0.3, 0.4) is 0 Å². The zero-order valence-corrected chi connectivity index (χ0v) is 9.70. The number of anilines is 3. The number of aryl methyl sites for hydroxylation is 1. The molecule has 0 heterocycles. The predicted octanol–water partition coefficient (Wildman–Crippen LogP) is 3.71. The molecule has 0 aromatic heterocycles. The lowest BCUT2D eigenvalue weighted by Crippen LogP contribution is -2.00. The number of benzene rings is 2. The van der Waals surface area contributed by atoms with E-state index in [9.17, 15) is 4.39 Å². The number of nitrogens with two attached hydrogens (primary N) is 1. The minimum Gasteiger partial charge on any atom is -0.395 e. The van der Waals surface area contributed by atoms with Crippen LogP contribution in [0.1, 0.15) is 12.5 Å². The van der Waals surface area contributed by atoms with Crippen LogP contribution in [0.2, 0.25) is 0 Å². The van der Waals surface area contributed by atoms with Crippen molar-refractivity contribution in [2.45, 2.75) is 13.3 Å². The first-order valence-corrected chi connectivity index (χ1v) is 5.61. The number of nitrogens with one attached hydrogen (secondary N) is 1. The molecule has 0 unspecified atom stereocenters. The molecule has 17 heavy (non-hydrogen) atoms. The third-order valence-corrected chi connectivity index (χ3v) is 2.72. The number of para-hydroxylation sites is 2. The first-order chi connectivity index (χ1) is 8.22. The van der Waals surface area contributed by atoms with Gasteiger partial charge in [0.25, 0.3) is 0 Å². The topological polar surface area (TPSA) is 38.0 Å². The summed E-state index contributed by atoms with van der Waals surface area (Å²) in [5, 5.41) is 3.17. The van der Waals surface area contributed by atoms with Gasteiger partial charge in [-0.25, -0.2) is 4.39 Å². The van der Waals surface area contributed by atoms with Crippen LogP contribution in [0.15, 0.2) is 42.5 Å². The monoisotopic (exact) mass is 230 g/mol. The SMILES string of the molecule is CCc1ccccc1Nc1cccc(F)c1N. The molecule has 2 aromatic rings. The van der Waals surface area contributed by atoms with E-state index >= 15 is 0 Å². The van der Waals surface area contributed by atoms with Gasteiger partial charge in [0.15, 0.2) is 0 Å². The number of rotatable bonds is 3. The van der Waals surface area contributed by atoms with Crippen LogP contribution < -0.4 is 11.1 Å². The summed E-state index contributed by atoms with van der Waals surface area (Å²) in [7, 11) is 0. The van der Waals surface area contributed by atoms with Gasteiger partial charge in [-0.2, -0.15) is 0 Å². The fraction of sp³-hybridized carbons (Fsp3) is 0.143. The molecule has 0 aliphatic heterocycles. The molecule has 2 aromatic carbocycles. The van der Waals surface area contributed by atoms with Crippen molar-refractivity contribution in [3.05, 3.63) is 53.8 Å². The highest BCUT2D eigenvalue weighted by molar-refractivity contribution is 5.74. The summed E-state index contributed by atoms with van der Waals surface area (Å²) in [5.74, 6) is -0.399. The molecule has 0 amide bonds. The molecule has 88 valence electrons. The molecule has 0 saturated carbocycles. The molecule has 0 fully saturated rings. The van der Waals surface area contributed by atoms with E-state index in [0.717, 1.165) is 12.1 Å². The van der Waals surface area contributed by atoms with Crippen molar-refractivity contribution in [3.63, 3.8) is 0 Å². The molecule has 0 atom stereocenters. The maximum atomic E-state index is 13.3. The Labute approximate surface area is 100 Å². The minimum absolute atomic E-state index is 0.151. The first kappa shape index (κ1) is 11.5. The van der Waals surface area contributed by atoms with Gasteiger partial charge in [-0.15, -0.1) is 0 Å². The largest absolute Gasteiger partial charge is 0.395 e. The lowest BCUT2D eigenvalue weighted by Gasteiger charge is -2.12. The molecule has 0 spiro atoms. The smallest absolute Gasteiger partial charge is 0.148 e. The van der Waals surface area contributed by atoms with Crippen LogP contribution in [0.25, 0.3) is 0 Å². The van der Waals surface area contributed by atoms with Crippen molar-refractivity contribution in [2.75, 3.05) is 11.1 Å². The average Bonchev–Trinajstić information content (AvgIpc) is 2.35. The Kier molecular flexibility index (Phi) is 3.28. The normalized spacial score (nSPS) is 10.2. The first-order valence-electron chi connectivity index (χ1n) is 5.61. The van der Waals surface area contributed by atoms with Crippen LogP contribution in [-0.4, -0.2) is 0 Å². The molecule has 0 aliphatic carbocycles. The number of hydrogen-bond acceptors (Lipinski definition) is 2. The maximum Gasteiger partial charge on any atom is 0.148 e. The van der Waals surface area contributed by atoms with Gasteiger partial charge in [0.2, 0.25) is 0 Å². The molecular formula is C14H15FN2. The zero-order chi connectivity index (χ0) is 12.3. The lowest BCUT2D eigenvalue weighted by atomic mass is 10.1. The van der Waals surface area contributed by atoms with Gasteiger partial charge >= 0.3 is 0 Å². The highest BCUT2D eigenvalue weighted by Crippen LogP contribution is 2.27. The van der Waals surface area contributed by atoms with E-state index < -0.39 is 5.82 Å². The van der Waals surface area contributed by atoms with Gasteiger partial charge in [-0.3, -0.25) is 0 Å². The molecule has 0 radical (unpaired) electrons. The maximum absolute atomic E-state index is 13.3. The average molecular weight is 230 g/mol. The molecule has 3 N–H and O–H groups in total. The summed E-state index contributed by atoms with van der Waals surface area (Å²) >= 11 is 0. The van der Waals surface area contributed by atoms with Crippen molar-refractivity contribution in [2.24, 2.45) is 0 Å². The molecule has 0 aliphatic rings. The van der Waals surface area contributed by atoms with Crippen molar-refractivity contribution >= 4 is 17.1 Å². The molecule has 2 nitrogen and oxygen atoms in total. The van der Waals surface area contributed by atoms with Gasteiger partial charge in [0.05, 0.1) is 11.4 Å². The Morgan fingerprint density at radius 3 is 2.53 bits per heavy atom. The van der Waals surface area contributed by atoms with Crippen molar-refractivity contribution < 1.29 is 4.39 Å². The van der Waals surface area contributed by atoms with E-state index in [4.69, 9.17) is 5.73 Å². The summed E-state index contributed by atoms with van der Waals surface area (Å²) < 4.78 is 13.3. The minimum atomic E-state index is -0.399. The second-order valence-electron chi connectivity index (χ2n) is 3.84. The van der Waals surface area contributed by atoms with Crippen LogP contribution >= 0.6 is 0 Å². The highest BCUT2D eigenvalue weighted by Gasteiger charge is 2.06.